The second-order valence-electron chi connectivity index (χ2n) is 3.72. The van der Waals surface area contributed by atoms with Gasteiger partial charge in [0.2, 0.25) is 0 Å². The number of benzene rings is 2. The first-order valence-electron chi connectivity index (χ1n) is 5.70. The Bertz CT molecular complexity index is 569. The van der Waals surface area contributed by atoms with E-state index in [-0.39, 0.29) is 0 Å². The number of carbonyl (C=O) groups excluding carboxylic acids is 1. The van der Waals surface area contributed by atoms with Crippen molar-refractivity contribution in [3.63, 3.8) is 0 Å². The number of hydrogen-bond acceptors (Lipinski definition) is 2. The van der Waals surface area contributed by atoms with Crippen LogP contribution in [0, 0.1) is 0 Å². The first kappa shape index (κ1) is 13.4. The Morgan fingerprint density at radius 3 is 2.21 bits per heavy atom. The molecule has 0 heterocycles. The van der Waals surface area contributed by atoms with Crippen molar-refractivity contribution < 1.29 is 9.18 Å². The average molecular weight is 273 g/mol. The summed E-state index contributed by atoms with van der Waals surface area (Å²) in [5.74, 6) is -0.480. The molecule has 0 atom stereocenters. The van der Waals surface area contributed by atoms with E-state index >= 15 is 0 Å². The molecule has 0 saturated carbocycles. The Balaban J connectivity index is 1.95. The highest BCUT2D eigenvalue weighted by Crippen LogP contribution is 2.26. The summed E-state index contributed by atoms with van der Waals surface area (Å²) in [6.07, 6.45) is 0.949. The van der Waals surface area contributed by atoms with Crippen LogP contribution >= 0.6 is 11.8 Å². The Kier molecular flexibility index (Phi) is 4.75. The van der Waals surface area contributed by atoms with E-state index in [4.69, 9.17) is 0 Å². The third-order valence-corrected chi connectivity index (χ3v) is 3.07. The second kappa shape index (κ2) is 6.75. The molecule has 0 radical (unpaired) electrons. The molecular weight excluding hydrogens is 261 g/mol. The summed E-state index contributed by atoms with van der Waals surface area (Å²) < 4.78 is 13.6. The molecular formula is C15H12FNOS. The van der Waals surface area contributed by atoms with Crippen molar-refractivity contribution in [2.75, 3.05) is 5.32 Å². The van der Waals surface area contributed by atoms with Gasteiger partial charge < -0.3 is 5.32 Å². The Hall–Kier alpha value is -2.07. The lowest BCUT2D eigenvalue weighted by molar-refractivity contribution is -0.112. The number of nitrogens with one attached hydrogen (secondary N) is 1. The van der Waals surface area contributed by atoms with Crippen LogP contribution in [-0.4, -0.2) is 5.91 Å². The number of anilines is 1. The molecule has 0 fully saturated rings. The van der Waals surface area contributed by atoms with Gasteiger partial charge in [-0.1, -0.05) is 48.2 Å². The van der Waals surface area contributed by atoms with Crippen LogP contribution in [-0.2, 0) is 4.79 Å². The molecule has 2 aromatic carbocycles. The number of hydrogen-bond donors (Lipinski definition) is 1. The lowest BCUT2D eigenvalue weighted by atomic mass is 10.3. The maximum atomic E-state index is 13.6. The fourth-order valence-corrected chi connectivity index (χ4v) is 2.12. The maximum Gasteiger partial charge on any atom is 0.251 e. The molecule has 1 N–H and O–H groups in total. The van der Waals surface area contributed by atoms with E-state index in [1.807, 2.05) is 24.3 Å². The number of halogens is 1. The molecule has 0 spiro atoms. The van der Waals surface area contributed by atoms with Crippen LogP contribution in [0.25, 0.3) is 0 Å². The quantitative estimate of drug-likeness (QED) is 0.667. The summed E-state index contributed by atoms with van der Waals surface area (Å²) in [5.41, 5.74) is 0.640. The molecule has 0 aliphatic heterocycles. The summed E-state index contributed by atoms with van der Waals surface area (Å²) in [5, 5.41) is 2.05. The van der Waals surface area contributed by atoms with Crippen molar-refractivity contribution in [1.29, 1.82) is 0 Å². The van der Waals surface area contributed by atoms with Crippen molar-refractivity contribution in [2.45, 2.75) is 4.90 Å². The zero-order chi connectivity index (χ0) is 13.5. The molecule has 0 aliphatic carbocycles. The predicted octanol–water partition coefficient (Wildman–Crippen LogP) is 4.23. The minimum absolute atomic E-state index is 0.480. The van der Waals surface area contributed by atoms with Crippen LogP contribution in [0.1, 0.15) is 0 Å². The van der Waals surface area contributed by atoms with Crippen molar-refractivity contribution in [2.24, 2.45) is 0 Å². The molecule has 0 unspecified atom stereocenters. The van der Waals surface area contributed by atoms with Gasteiger partial charge in [0.05, 0.1) is 0 Å². The molecule has 4 heteroatoms. The van der Waals surface area contributed by atoms with Crippen LogP contribution in [0.3, 0.4) is 0 Å². The van der Waals surface area contributed by atoms with Gasteiger partial charge in [0.1, 0.15) is 0 Å². The van der Waals surface area contributed by atoms with E-state index in [1.54, 1.807) is 36.4 Å². The SMILES string of the molecule is O=C(C=C(F)Sc1ccccc1)Nc1ccccc1. The van der Waals surface area contributed by atoms with Gasteiger partial charge in [-0.25, -0.2) is 0 Å². The normalized spacial score (nSPS) is 11.1. The van der Waals surface area contributed by atoms with Gasteiger partial charge in [-0.15, -0.1) is 0 Å². The molecule has 0 saturated heterocycles. The van der Waals surface area contributed by atoms with Crippen molar-refractivity contribution in [1.82, 2.24) is 0 Å². The van der Waals surface area contributed by atoms with Gasteiger partial charge in [-0.3, -0.25) is 4.79 Å². The van der Waals surface area contributed by atoms with Gasteiger partial charge in [-0.2, -0.15) is 4.39 Å². The smallest absolute Gasteiger partial charge is 0.251 e. The summed E-state index contributed by atoms with van der Waals surface area (Å²) in [6, 6.07) is 18.0. The van der Waals surface area contributed by atoms with Crippen LogP contribution < -0.4 is 5.32 Å². The second-order valence-corrected chi connectivity index (χ2v) is 4.78. The molecule has 2 aromatic rings. The number of rotatable bonds is 4. The fourth-order valence-electron chi connectivity index (χ4n) is 1.43. The highest BCUT2D eigenvalue weighted by molar-refractivity contribution is 8.02. The Morgan fingerprint density at radius 1 is 1.00 bits per heavy atom. The minimum atomic E-state index is -0.542. The highest BCUT2D eigenvalue weighted by atomic mass is 32.2. The minimum Gasteiger partial charge on any atom is -0.322 e. The number of carbonyl (C=O) groups is 1. The lowest BCUT2D eigenvalue weighted by Gasteiger charge is -2.01. The zero-order valence-corrected chi connectivity index (χ0v) is 10.9. The first-order chi connectivity index (χ1) is 9.24. The van der Waals surface area contributed by atoms with Crippen molar-refractivity contribution in [3.8, 4) is 0 Å². The highest BCUT2D eigenvalue weighted by Gasteiger charge is 2.03. The van der Waals surface area contributed by atoms with Crippen LogP contribution in [0.15, 0.2) is 76.8 Å². The maximum absolute atomic E-state index is 13.6. The van der Waals surface area contributed by atoms with Crippen molar-refractivity contribution >= 4 is 23.4 Å². The standard InChI is InChI=1S/C15H12FNOS/c16-14(19-13-9-5-2-6-10-13)11-15(18)17-12-7-3-1-4-8-12/h1-11H,(H,17,18). The Morgan fingerprint density at radius 2 is 1.58 bits per heavy atom. The number of thioether (sulfide) groups is 1. The number of para-hydroxylation sites is 1. The third-order valence-electron chi connectivity index (χ3n) is 2.24. The fraction of sp³-hybridized carbons (Fsp3) is 0. The van der Waals surface area contributed by atoms with E-state index in [9.17, 15) is 9.18 Å². The molecule has 0 aromatic heterocycles. The van der Waals surface area contributed by atoms with E-state index in [2.05, 4.69) is 5.32 Å². The van der Waals surface area contributed by atoms with E-state index < -0.39 is 11.1 Å². The average Bonchev–Trinajstić information content (AvgIpc) is 2.40. The van der Waals surface area contributed by atoms with E-state index in [1.165, 1.54) is 0 Å². The third kappa shape index (κ3) is 4.60. The molecule has 96 valence electrons. The molecule has 0 aliphatic rings. The lowest BCUT2D eigenvalue weighted by Crippen LogP contribution is -2.07. The monoisotopic (exact) mass is 273 g/mol. The van der Waals surface area contributed by atoms with E-state index in [0.29, 0.717) is 5.69 Å². The molecule has 1 amide bonds. The summed E-state index contributed by atoms with van der Waals surface area (Å²) in [7, 11) is 0. The van der Waals surface area contributed by atoms with E-state index in [0.717, 1.165) is 22.7 Å². The topological polar surface area (TPSA) is 29.1 Å². The summed E-state index contributed by atoms with van der Waals surface area (Å²) in [4.78, 5) is 12.3. The number of amides is 1. The molecule has 2 rings (SSSR count). The van der Waals surface area contributed by atoms with Crippen LogP contribution in [0.4, 0.5) is 10.1 Å². The largest absolute Gasteiger partial charge is 0.322 e. The van der Waals surface area contributed by atoms with Gasteiger partial charge >= 0.3 is 0 Å². The first-order valence-corrected chi connectivity index (χ1v) is 6.52. The molecule has 2 nitrogen and oxygen atoms in total. The molecule has 19 heavy (non-hydrogen) atoms. The predicted molar refractivity (Wildman–Crippen MR) is 76.6 cm³/mol. The van der Waals surface area contributed by atoms with Gasteiger partial charge in [0.15, 0.2) is 5.16 Å². The Labute approximate surface area is 115 Å². The summed E-state index contributed by atoms with van der Waals surface area (Å²) in [6.45, 7) is 0. The van der Waals surface area contributed by atoms with Crippen LogP contribution in [0.5, 0.6) is 0 Å². The van der Waals surface area contributed by atoms with Crippen LogP contribution in [0.2, 0.25) is 0 Å². The zero-order valence-electron chi connectivity index (χ0n) is 10.0. The van der Waals surface area contributed by atoms with Crippen molar-refractivity contribution in [3.05, 3.63) is 71.9 Å². The van der Waals surface area contributed by atoms with Gasteiger partial charge in [0.25, 0.3) is 5.91 Å². The van der Waals surface area contributed by atoms with Gasteiger partial charge in [-0.05, 0) is 24.3 Å². The summed E-state index contributed by atoms with van der Waals surface area (Å²) >= 11 is 0.916. The van der Waals surface area contributed by atoms with Gasteiger partial charge in [0, 0.05) is 16.7 Å². The molecule has 0 bridgehead atoms.